The summed E-state index contributed by atoms with van der Waals surface area (Å²) in [6, 6.07) is 6.53. The summed E-state index contributed by atoms with van der Waals surface area (Å²) in [6.07, 6.45) is 0. The summed E-state index contributed by atoms with van der Waals surface area (Å²) >= 11 is 0. The summed E-state index contributed by atoms with van der Waals surface area (Å²) in [6.45, 7) is 0.750. The van der Waals surface area contributed by atoms with Crippen LogP contribution in [0.25, 0.3) is 0 Å². The second-order valence-corrected chi connectivity index (χ2v) is 3.49. The van der Waals surface area contributed by atoms with Crippen LogP contribution in [0.3, 0.4) is 0 Å². The Balaban J connectivity index is 2.33. The van der Waals surface area contributed by atoms with Crippen LogP contribution in [0.4, 0.5) is 4.79 Å². The number of nitrogens with one attached hydrogen (secondary N) is 3. The molecule has 0 atom stereocenters. The maximum atomic E-state index is 11.7. The van der Waals surface area contributed by atoms with E-state index >= 15 is 0 Å². The van der Waals surface area contributed by atoms with Crippen LogP contribution in [0.5, 0.6) is 5.75 Å². The molecule has 0 spiro atoms. The second kappa shape index (κ2) is 7.16. The smallest absolute Gasteiger partial charge is 0.314 e. The highest BCUT2D eigenvalue weighted by atomic mass is 16.5. The highest BCUT2D eigenvalue weighted by Crippen LogP contribution is 2.10. The molecule has 0 heterocycles. The van der Waals surface area contributed by atoms with Crippen molar-refractivity contribution in [2.75, 3.05) is 27.2 Å². The normalized spacial score (nSPS) is 9.44. The Kier molecular flexibility index (Phi) is 5.50. The van der Waals surface area contributed by atoms with E-state index in [1.165, 1.54) is 7.05 Å². The third-order valence-electron chi connectivity index (χ3n) is 2.28. The van der Waals surface area contributed by atoms with E-state index in [1.807, 2.05) is 0 Å². The molecule has 1 aromatic carbocycles. The monoisotopic (exact) mass is 251 g/mol. The Morgan fingerprint density at radius 1 is 1.11 bits per heavy atom. The molecule has 3 N–H and O–H groups in total. The van der Waals surface area contributed by atoms with Gasteiger partial charge in [-0.15, -0.1) is 0 Å². The average Bonchev–Trinajstić information content (AvgIpc) is 2.43. The van der Waals surface area contributed by atoms with E-state index in [0.29, 0.717) is 24.4 Å². The number of methoxy groups -OCH3 is 1. The van der Waals surface area contributed by atoms with E-state index in [2.05, 4.69) is 16.0 Å². The molecule has 6 nitrogen and oxygen atoms in total. The van der Waals surface area contributed by atoms with E-state index < -0.39 is 0 Å². The maximum Gasteiger partial charge on any atom is 0.314 e. The quantitative estimate of drug-likeness (QED) is 0.661. The van der Waals surface area contributed by atoms with E-state index in [-0.39, 0.29) is 11.9 Å². The Morgan fingerprint density at radius 2 is 1.72 bits per heavy atom. The lowest BCUT2D eigenvalue weighted by atomic mass is 10.2. The van der Waals surface area contributed by atoms with Crippen molar-refractivity contribution in [3.63, 3.8) is 0 Å². The lowest BCUT2D eigenvalue weighted by molar-refractivity contribution is 0.0954. The molecule has 3 amide bonds. The van der Waals surface area contributed by atoms with Crippen molar-refractivity contribution in [3.05, 3.63) is 29.8 Å². The van der Waals surface area contributed by atoms with Crippen LogP contribution >= 0.6 is 0 Å². The number of carbonyl (C=O) groups is 2. The minimum absolute atomic E-state index is 0.184. The van der Waals surface area contributed by atoms with Crippen LogP contribution in [0, 0.1) is 0 Å². The van der Waals surface area contributed by atoms with Gasteiger partial charge < -0.3 is 20.7 Å². The minimum atomic E-state index is -0.270. The predicted octanol–water partition coefficient (Wildman–Crippen LogP) is 0.354. The van der Waals surface area contributed by atoms with Crippen LogP contribution in [-0.4, -0.2) is 39.2 Å². The molecule has 6 heteroatoms. The van der Waals surface area contributed by atoms with Crippen LogP contribution in [-0.2, 0) is 0 Å². The molecule has 0 saturated carbocycles. The highest BCUT2D eigenvalue weighted by molar-refractivity contribution is 5.94. The van der Waals surface area contributed by atoms with E-state index in [0.717, 1.165) is 0 Å². The standard InChI is InChI=1S/C12H17N3O3/c1-13-12(17)15-8-7-14-11(16)9-3-5-10(18-2)6-4-9/h3-6H,7-8H2,1-2H3,(H,14,16)(H2,13,15,17). The van der Waals surface area contributed by atoms with Crippen LogP contribution in [0.15, 0.2) is 24.3 Å². The van der Waals surface area contributed by atoms with Crippen molar-refractivity contribution in [1.82, 2.24) is 16.0 Å². The van der Waals surface area contributed by atoms with E-state index in [1.54, 1.807) is 31.4 Å². The number of rotatable bonds is 5. The SMILES string of the molecule is CNC(=O)NCCNC(=O)c1ccc(OC)cc1. The van der Waals surface area contributed by atoms with Gasteiger partial charge in [0.1, 0.15) is 5.75 Å². The zero-order chi connectivity index (χ0) is 13.4. The maximum absolute atomic E-state index is 11.7. The molecule has 0 aromatic heterocycles. The number of hydrogen-bond donors (Lipinski definition) is 3. The predicted molar refractivity (Wildman–Crippen MR) is 67.8 cm³/mol. The first-order valence-electron chi connectivity index (χ1n) is 5.55. The van der Waals surface area contributed by atoms with Gasteiger partial charge in [0.2, 0.25) is 0 Å². The van der Waals surface area contributed by atoms with Gasteiger partial charge in [-0.3, -0.25) is 4.79 Å². The van der Waals surface area contributed by atoms with Gasteiger partial charge in [0.25, 0.3) is 5.91 Å². The second-order valence-electron chi connectivity index (χ2n) is 3.49. The summed E-state index contributed by atoms with van der Waals surface area (Å²) in [5.41, 5.74) is 0.552. The number of hydrogen-bond acceptors (Lipinski definition) is 3. The topological polar surface area (TPSA) is 79.5 Å². The molecule has 0 aliphatic carbocycles. The van der Waals surface area contributed by atoms with Crippen molar-refractivity contribution in [2.24, 2.45) is 0 Å². The van der Waals surface area contributed by atoms with Crippen LogP contribution in [0.1, 0.15) is 10.4 Å². The molecule has 0 saturated heterocycles. The first-order valence-corrected chi connectivity index (χ1v) is 5.55. The summed E-state index contributed by atoms with van der Waals surface area (Å²) in [4.78, 5) is 22.5. The first-order chi connectivity index (χ1) is 8.67. The molecule has 0 fully saturated rings. The molecule has 0 unspecified atom stereocenters. The summed E-state index contributed by atoms with van der Waals surface area (Å²) in [7, 11) is 3.10. The fraction of sp³-hybridized carbons (Fsp3) is 0.333. The number of amides is 3. The first kappa shape index (κ1) is 13.8. The largest absolute Gasteiger partial charge is 0.497 e. The van der Waals surface area contributed by atoms with E-state index in [4.69, 9.17) is 4.74 Å². The van der Waals surface area contributed by atoms with Crippen molar-refractivity contribution in [2.45, 2.75) is 0 Å². The summed E-state index contributed by atoms with van der Waals surface area (Å²) in [5.74, 6) is 0.518. The summed E-state index contributed by atoms with van der Waals surface area (Å²) < 4.78 is 5.00. The lowest BCUT2D eigenvalue weighted by Gasteiger charge is -2.07. The van der Waals surface area contributed by atoms with Crippen molar-refractivity contribution in [1.29, 1.82) is 0 Å². The van der Waals surface area contributed by atoms with Gasteiger partial charge in [0, 0.05) is 25.7 Å². The molecule has 0 radical (unpaired) electrons. The lowest BCUT2D eigenvalue weighted by Crippen LogP contribution is -2.38. The third-order valence-corrected chi connectivity index (χ3v) is 2.28. The Hall–Kier alpha value is -2.24. The molecular formula is C12H17N3O3. The minimum Gasteiger partial charge on any atom is -0.497 e. The average molecular weight is 251 g/mol. The molecule has 0 bridgehead atoms. The van der Waals surface area contributed by atoms with Crippen molar-refractivity contribution in [3.8, 4) is 5.75 Å². The van der Waals surface area contributed by atoms with Gasteiger partial charge in [0.05, 0.1) is 7.11 Å². The van der Waals surface area contributed by atoms with Gasteiger partial charge in [0.15, 0.2) is 0 Å². The van der Waals surface area contributed by atoms with Crippen molar-refractivity contribution >= 4 is 11.9 Å². The number of carbonyl (C=O) groups excluding carboxylic acids is 2. The van der Waals surface area contributed by atoms with Gasteiger partial charge >= 0.3 is 6.03 Å². The Labute approximate surface area is 106 Å². The molecule has 1 rings (SSSR count). The van der Waals surface area contributed by atoms with E-state index in [9.17, 15) is 9.59 Å². The number of benzene rings is 1. The fourth-order valence-electron chi connectivity index (χ4n) is 1.28. The van der Waals surface area contributed by atoms with Gasteiger partial charge in [-0.25, -0.2) is 4.79 Å². The highest BCUT2D eigenvalue weighted by Gasteiger charge is 2.04. The fourth-order valence-corrected chi connectivity index (χ4v) is 1.28. The van der Waals surface area contributed by atoms with Crippen LogP contribution in [0.2, 0.25) is 0 Å². The molecule has 98 valence electrons. The van der Waals surface area contributed by atoms with Gasteiger partial charge in [-0.1, -0.05) is 0 Å². The Morgan fingerprint density at radius 3 is 2.28 bits per heavy atom. The number of ether oxygens (including phenoxy) is 1. The summed E-state index contributed by atoms with van der Waals surface area (Å²) in [5, 5.41) is 7.69. The zero-order valence-corrected chi connectivity index (χ0v) is 10.4. The number of urea groups is 1. The third kappa shape index (κ3) is 4.32. The molecule has 0 aliphatic heterocycles. The molecular weight excluding hydrogens is 234 g/mol. The molecule has 1 aromatic rings. The van der Waals surface area contributed by atoms with Crippen molar-refractivity contribution < 1.29 is 14.3 Å². The Bertz CT molecular complexity index is 404. The van der Waals surface area contributed by atoms with Crippen LogP contribution < -0.4 is 20.7 Å². The molecule has 18 heavy (non-hydrogen) atoms. The zero-order valence-electron chi connectivity index (χ0n) is 10.4. The molecule has 0 aliphatic rings. The van der Waals surface area contributed by atoms with Gasteiger partial charge in [-0.2, -0.15) is 0 Å². The van der Waals surface area contributed by atoms with Gasteiger partial charge in [-0.05, 0) is 24.3 Å².